The number of sulfone groups is 1. The van der Waals surface area contributed by atoms with Crippen molar-refractivity contribution in [1.29, 1.82) is 0 Å². The fourth-order valence-electron chi connectivity index (χ4n) is 2.85. The molecule has 154 valence electrons. The summed E-state index contributed by atoms with van der Waals surface area (Å²) < 4.78 is 41.6. The van der Waals surface area contributed by atoms with Crippen molar-refractivity contribution in [1.82, 2.24) is 15.6 Å². The molecule has 1 aliphatic heterocycles. The van der Waals surface area contributed by atoms with Crippen LogP contribution in [-0.4, -0.2) is 50.0 Å². The number of aromatic nitrogens is 1. The molecular weight excluding hydrogens is 498 g/mol. The van der Waals surface area contributed by atoms with E-state index in [1.165, 1.54) is 12.1 Å². The molecule has 3 rings (SSSR count). The van der Waals surface area contributed by atoms with E-state index in [4.69, 9.17) is 4.42 Å². The normalized spacial score (nSPS) is 18.5. The fraction of sp³-hybridized carbons (Fsp3) is 0.444. The van der Waals surface area contributed by atoms with Crippen LogP contribution in [0.2, 0.25) is 0 Å². The van der Waals surface area contributed by atoms with Crippen LogP contribution in [0.15, 0.2) is 39.9 Å². The quantitative estimate of drug-likeness (QED) is 0.344. The largest absolute Gasteiger partial charge is 0.444 e. The van der Waals surface area contributed by atoms with Gasteiger partial charge in [-0.3, -0.25) is 4.99 Å². The molecule has 1 fully saturated rings. The topological polar surface area (TPSA) is 96.6 Å². The number of benzene rings is 1. The van der Waals surface area contributed by atoms with Crippen molar-refractivity contribution in [3.63, 3.8) is 0 Å². The summed E-state index contributed by atoms with van der Waals surface area (Å²) in [4.78, 5) is 8.88. The Morgan fingerprint density at radius 3 is 2.75 bits per heavy atom. The van der Waals surface area contributed by atoms with Crippen molar-refractivity contribution in [3.8, 4) is 11.5 Å². The van der Waals surface area contributed by atoms with Gasteiger partial charge in [-0.15, -0.1) is 24.0 Å². The van der Waals surface area contributed by atoms with E-state index in [0.717, 1.165) is 5.69 Å². The Bertz CT molecular complexity index is 900. The van der Waals surface area contributed by atoms with Gasteiger partial charge in [0, 0.05) is 31.1 Å². The molecule has 1 saturated heterocycles. The predicted octanol–water partition coefficient (Wildman–Crippen LogP) is 2.38. The van der Waals surface area contributed by atoms with E-state index >= 15 is 0 Å². The Kier molecular flexibility index (Phi) is 8.23. The molecule has 0 radical (unpaired) electrons. The zero-order valence-corrected chi connectivity index (χ0v) is 18.7. The Balaban J connectivity index is 0.00000280. The lowest BCUT2D eigenvalue weighted by Crippen LogP contribution is -2.44. The monoisotopic (exact) mass is 522 g/mol. The van der Waals surface area contributed by atoms with Crippen LogP contribution < -0.4 is 10.6 Å². The first kappa shape index (κ1) is 22.6. The van der Waals surface area contributed by atoms with Crippen molar-refractivity contribution in [2.24, 2.45) is 4.99 Å². The summed E-state index contributed by atoms with van der Waals surface area (Å²) in [5.41, 5.74) is 1.46. The molecule has 0 amide bonds. The summed E-state index contributed by atoms with van der Waals surface area (Å²) in [6, 6.07) is 5.85. The second kappa shape index (κ2) is 10.2. The Labute approximate surface area is 181 Å². The molecule has 1 aromatic heterocycles. The van der Waals surface area contributed by atoms with Crippen LogP contribution in [0.3, 0.4) is 0 Å². The van der Waals surface area contributed by atoms with E-state index in [1.54, 1.807) is 18.4 Å². The second-order valence-electron chi connectivity index (χ2n) is 6.41. The molecule has 1 aromatic carbocycles. The zero-order chi connectivity index (χ0) is 19.3. The number of nitrogens with zero attached hydrogens (tertiary/aromatic N) is 2. The summed E-state index contributed by atoms with van der Waals surface area (Å²) in [6.45, 7) is 3.11. The third-order valence-corrected chi connectivity index (χ3v) is 5.97. The molecule has 0 spiro atoms. The summed E-state index contributed by atoms with van der Waals surface area (Å²) in [5.74, 6) is 1.09. The number of nitrogens with one attached hydrogen (secondary N) is 2. The first-order chi connectivity index (χ1) is 12.9. The van der Waals surface area contributed by atoms with Crippen molar-refractivity contribution in [2.45, 2.75) is 25.8 Å². The average Bonchev–Trinajstić information content (AvgIpc) is 3.22. The maximum absolute atomic E-state index is 13.0. The number of hydrogen-bond donors (Lipinski definition) is 2. The van der Waals surface area contributed by atoms with Crippen LogP contribution in [0.5, 0.6) is 0 Å². The fourth-order valence-corrected chi connectivity index (χ4v) is 4.52. The number of oxazole rings is 1. The van der Waals surface area contributed by atoms with Gasteiger partial charge in [0.2, 0.25) is 5.89 Å². The van der Waals surface area contributed by atoms with Gasteiger partial charge >= 0.3 is 0 Å². The number of hydrogen-bond acceptors (Lipinski definition) is 5. The van der Waals surface area contributed by atoms with Crippen molar-refractivity contribution < 1.29 is 17.2 Å². The lowest BCUT2D eigenvalue weighted by molar-refractivity contribution is 0.572. The molecule has 0 bridgehead atoms. The Hall–Kier alpha value is -1.69. The van der Waals surface area contributed by atoms with Gasteiger partial charge in [-0.25, -0.2) is 17.8 Å². The standard InChI is InChI=1S/C18H23FN4O3S.HI/c1-2-20-18(23-16-8-10-27(24,25)12-16)21-9-7-15-11-26-17(22-15)13-3-5-14(19)6-4-13;/h3-6,11,16H,2,7-10,12H2,1H3,(H2,20,21,23);1H. The lowest BCUT2D eigenvalue weighted by Gasteiger charge is -2.15. The van der Waals surface area contributed by atoms with Gasteiger partial charge < -0.3 is 15.1 Å². The van der Waals surface area contributed by atoms with Crippen LogP contribution in [0.25, 0.3) is 11.5 Å². The summed E-state index contributed by atoms with van der Waals surface area (Å²) >= 11 is 0. The van der Waals surface area contributed by atoms with Gasteiger partial charge in [0.15, 0.2) is 15.8 Å². The number of halogens is 2. The third-order valence-electron chi connectivity index (χ3n) is 4.20. The molecule has 7 nitrogen and oxygen atoms in total. The molecule has 0 saturated carbocycles. The SMILES string of the molecule is CCNC(=NCCc1coc(-c2ccc(F)cc2)n1)NC1CCS(=O)(=O)C1.I. The van der Waals surface area contributed by atoms with Crippen molar-refractivity contribution >= 4 is 39.8 Å². The van der Waals surface area contributed by atoms with E-state index in [0.29, 0.717) is 43.3 Å². The minimum absolute atomic E-state index is 0. The number of guanidine groups is 1. The number of aliphatic imine (C=N–C) groups is 1. The first-order valence-electron chi connectivity index (χ1n) is 8.91. The van der Waals surface area contributed by atoms with Gasteiger partial charge in [0.1, 0.15) is 12.1 Å². The molecular formula is C18H24FIN4O3S. The van der Waals surface area contributed by atoms with Crippen LogP contribution in [-0.2, 0) is 16.3 Å². The summed E-state index contributed by atoms with van der Waals surface area (Å²) in [5, 5.41) is 6.30. The van der Waals surface area contributed by atoms with Crippen LogP contribution in [0.4, 0.5) is 4.39 Å². The minimum atomic E-state index is -2.94. The highest BCUT2D eigenvalue weighted by Gasteiger charge is 2.28. The maximum atomic E-state index is 13.0. The van der Waals surface area contributed by atoms with Gasteiger partial charge in [0.25, 0.3) is 0 Å². The van der Waals surface area contributed by atoms with Crippen LogP contribution >= 0.6 is 24.0 Å². The van der Waals surface area contributed by atoms with Gasteiger partial charge in [-0.05, 0) is 37.6 Å². The van der Waals surface area contributed by atoms with E-state index in [-0.39, 0.29) is 47.3 Å². The Morgan fingerprint density at radius 1 is 1.36 bits per heavy atom. The van der Waals surface area contributed by atoms with Crippen molar-refractivity contribution in [2.75, 3.05) is 24.6 Å². The molecule has 2 aromatic rings. The maximum Gasteiger partial charge on any atom is 0.226 e. The van der Waals surface area contributed by atoms with Gasteiger partial charge in [-0.2, -0.15) is 0 Å². The summed E-state index contributed by atoms with van der Waals surface area (Å²) in [6.07, 6.45) is 2.74. The highest BCUT2D eigenvalue weighted by molar-refractivity contribution is 14.0. The zero-order valence-electron chi connectivity index (χ0n) is 15.5. The molecule has 0 aliphatic carbocycles. The van der Waals surface area contributed by atoms with Crippen molar-refractivity contribution in [3.05, 3.63) is 42.0 Å². The highest BCUT2D eigenvalue weighted by atomic mass is 127. The second-order valence-corrected chi connectivity index (χ2v) is 8.63. The van der Waals surface area contributed by atoms with E-state index in [1.807, 2.05) is 6.92 Å². The highest BCUT2D eigenvalue weighted by Crippen LogP contribution is 2.19. The summed E-state index contributed by atoms with van der Waals surface area (Å²) in [7, 11) is -2.94. The molecule has 1 aliphatic rings. The molecule has 1 unspecified atom stereocenters. The van der Waals surface area contributed by atoms with Gasteiger partial charge in [-0.1, -0.05) is 0 Å². The van der Waals surface area contributed by atoms with E-state index in [9.17, 15) is 12.8 Å². The molecule has 2 heterocycles. The molecule has 10 heteroatoms. The Morgan fingerprint density at radius 2 is 2.11 bits per heavy atom. The smallest absolute Gasteiger partial charge is 0.226 e. The van der Waals surface area contributed by atoms with Crippen LogP contribution in [0, 0.1) is 5.82 Å². The minimum Gasteiger partial charge on any atom is -0.444 e. The molecule has 2 N–H and O–H groups in total. The van der Waals surface area contributed by atoms with E-state index < -0.39 is 9.84 Å². The van der Waals surface area contributed by atoms with E-state index in [2.05, 4.69) is 20.6 Å². The third kappa shape index (κ3) is 6.43. The first-order valence-corrected chi connectivity index (χ1v) is 10.7. The predicted molar refractivity (Wildman–Crippen MR) is 117 cm³/mol. The lowest BCUT2D eigenvalue weighted by atomic mass is 10.2. The number of rotatable bonds is 6. The molecule has 1 atom stereocenters. The average molecular weight is 522 g/mol. The van der Waals surface area contributed by atoms with Crippen LogP contribution in [0.1, 0.15) is 19.0 Å². The molecule has 28 heavy (non-hydrogen) atoms. The van der Waals surface area contributed by atoms with Gasteiger partial charge in [0.05, 0.1) is 17.2 Å².